The topological polar surface area (TPSA) is 12.0 Å². The first-order valence-electron chi connectivity index (χ1n) is 4.89. The lowest BCUT2D eigenvalue weighted by molar-refractivity contribution is 0.222. The summed E-state index contributed by atoms with van der Waals surface area (Å²) in [6.07, 6.45) is 0.104. The molecule has 1 aliphatic heterocycles. The predicted octanol–water partition coefficient (Wildman–Crippen LogP) is 2.59. The van der Waals surface area contributed by atoms with Crippen LogP contribution < -0.4 is 5.32 Å². The van der Waals surface area contributed by atoms with Crippen molar-refractivity contribution in [1.82, 2.24) is 5.32 Å². The Morgan fingerprint density at radius 1 is 1.29 bits per heavy atom. The van der Waals surface area contributed by atoms with Gasteiger partial charge in [-0.25, -0.2) is 8.78 Å². The lowest BCUT2D eigenvalue weighted by atomic mass is 9.96. The maximum absolute atomic E-state index is 13.3. The molecule has 0 aliphatic carbocycles. The standard InChI is InChI=1S/C11H13F2N/c12-8-5-6-14-11(7-8)9-3-1-2-4-10(9)13/h1-4,8,11,14H,5-7H2. The minimum Gasteiger partial charge on any atom is -0.310 e. The second-order valence-electron chi connectivity index (χ2n) is 3.65. The van der Waals surface area contributed by atoms with Gasteiger partial charge in [0, 0.05) is 11.6 Å². The van der Waals surface area contributed by atoms with Gasteiger partial charge in [0.15, 0.2) is 0 Å². The van der Waals surface area contributed by atoms with Crippen LogP contribution in [0.25, 0.3) is 0 Å². The summed E-state index contributed by atoms with van der Waals surface area (Å²) < 4.78 is 26.4. The first-order valence-corrected chi connectivity index (χ1v) is 4.89. The molecule has 0 radical (unpaired) electrons. The number of benzene rings is 1. The highest BCUT2D eigenvalue weighted by molar-refractivity contribution is 5.21. The zero-order valence-electron chi connectivity index (χ0n) is 7.84. The van der Waals surface area contributed by atoms with E-state index in [1.807, 2.05) is 0 Å². The SMILES string of the molecule is Fc1ccccc1C1CC(F)CCN1. The number of hydrogen-bond donors (Lipinski definition) is 1. The third kappa shape index (κ3) is 1.93. The molecule has 1 heterocycles. The van der Waals surface area contributed by atoms with Gasteiger partial charge in [-0.1, -0.05) is 18.2 Å². The molecule has 0 amide bonds. The van der Waals surface area contributed by atoms with E-state index in [-0.39, 0.29) is 11.9 Å². The summed E-state index contributed by atoms with van der Waals surface area (Å²) in [7, 11) is 0. The van der Waals surface area contributed by atoms with Crippen LogP contribution in [0.15, 0.2) is 24.3 Å². The maximum atomic E-state index is 13.3. The van der Waals surface area contributed by atoms with Gasteiger partial charge in [-0.2, -0.15) is 0 Å². The zero-order chi connectivity index (χ0) is 9.97. The molecule has 0 bridgehead atoms. The number of rotatable bonds is 1. The fourth-order valence-corrected chi connectivity index (χ4v) is 1.87. The van der Waals surface area contributed by atoms with Crippen molar-refractivity contribution in [2.45, 2.75) is 25.1 Å². The van der Waals surface area contributed by atoms with Crippen molar-refractivity contribution in [2.24, 2.45) is 0 Å². The number of halogens is 2. The molecule has 3 heteroatoms. The molecule has 1 saturated heterocycles. The van der Waals surface area contributed by atoms with Gasteiger partial charge in [-0.15, -0.1) is 0 Å². The van der Waals surface area contributed by atoms with E-state index in [1.54, 1.807) is 18.2 Å². The number of nitrogens with one attached hydrogen (secondary N) is 1. The van der Waals surface area contributed by atoms with Crippen molar-refractivity contribution in [1.29, 1.82) is 0 Å². The fourth-order valence-electron chi connectivity index (χ4n) is 1.87. The van der Waals surface area contributed by atoms with Crippen LogP contribution in [-0.4, -0.2) is 12.7 Å². The summed E-state index contributed by atoms with van der Waals surface area (Å²) in [5, 5.41) is 3.13. The molecule has 1 aromatic rings. The molecular formula is C11H13F2N. The van der Waals surface area contributed by atoms with Crippen LogP contribution in [0.4, 0.5) is 8.78 Å². The Morgan fingerprint density at radius 3 is 2.79 bits per heavy atom. The minimum absolute atomic E-state index is 0.167. The first kappa shape index (κ1) is 9.59. The van der Waals surface area contributed by atoms with Gasteiger partial charge in [0.05, 0.1) is 0 Å². The third-order valence-corrected chi connectivity index (χ3v) is 2.62. The number of hydrogen-bond acceptors (Lipinski definition) is 1. The van der Waals surface area contributed by atoms with E-state index in [2.05, 4.69) is 5.32 Å². The quantitative estimate of drug-likeness (QED) is 0.729. The van der Waals surface area contributed by atoms with Crippen LogP contribution >= 0.6 is 0 Å². The summed E-state index contributed by atoms with van der Waals surface area (Å²) in [5.74, 6) is -0.251. The highest BCUT2D eigenvalue weighted by Crippen LogP contribution is 2.26. The summed E-state index contributed by atoms with van der Waals surface area (Å²) in [4.78, 5) is 0. The van der Waals surface area contributed by atoms with Gasteiger partial charge >= 0.3 is 0 Å². The van der Waals surface area contributed by atoms with E-state index >= 15 is 0 Å². The minimum atomic E-state index is -0.805. The van der Waals surface area contributed by atoms with Crippen LogP contribution in [0, 0.1) is 5.82 Å². The Balaban J connectivity index is 2.18. The van der Waals surface area contributed by atoms with E-state index in [0.717, 1.165) is 0 Å². The molecular weight excluding hydrogens is 184 g/mol. The molecule has 1 N–H and O–H groups in total. The Kier molecular flexibility index (Phi) is 2.77. The van der Waals surface area contributed by atoms with Gasteiger partial charge in [0.2, 0.25) is 0 Å². The van der Waals surface area contributed by atoms with Gasteiger partial charge in [0.25, 0.3) is 0 Å². The number of alkyl halides is 1. The van der Waals surface area contributed by atoms with Crippen molar-refractivity contribution < 1.29 is 8.78 Å². The summed E-state index contributed by atoms with van der Waals surface area (Å²) in [6, 6.07) is 6.39. The van der Waals surface area contributed by atoms with E-state index in [0.29, 0.717) is 24.9 Å². The van der Waals surface area contributed by atoms with Crippen molar-refractivity contribution in [3.05, 3.63) is 35.6 Å². The Labute approximate surface area is 82.1 Å². The van der Waals surface area contributed by atoms with Crippen molar-refractivity contribution >= 4 is 0 Å². The van der Waals surface area contributed by atoms with Crippen molar-refractivity contribution in [3.63, 3.8) is 0 Å². The average Bonchev–Trinajstić information content (AvgIpc) is 2.18. The molecule has 14 heavy (non-hydrogen) atoms. The Hall–Kier alpha value is -0.960. The Morgan fingerprint density at radius 2 is 2.07 bits per heavy atom. The molecule has 1 fully saturated rings. The van der Waals surface area contributed by atoms with Crippen LogP contribution in [0.2, 0.25) is 0 Å². The Bertz CT molecular complexity index is 314. The van der Waals surface area contributed by atoms with Crippen LogP contribution in [0.3, 0.4) is 0 Å². The van der Waals surface area contributed by atoms with Gasteiger partial charge in [-0.3, -0.25) is 0 Å². The monoisotopic (exact) mass is 197 g/mol. The van der Waals surface area contributed by atoms with Crippen LogP contribution in [-0.2, 0) is 0 Å². The third-order valence-electron chi connectivity index (χ3n) is 2.62. The molecule has 2 rings (SSSR count). The van der Waals surface area contributed by atoms with E-state index in [1.165, 1.54) is 6.07 Å². The van der Waals surface area contributed by atoms with Gasteiger partial charge in [0.1, 0.15) is 12.0 Å². The smallest absolute Gasteiger partial charge is 0.127 e. The van der Waals surface area contributed by atoms with Gasteiger partial charge in [-0.05, 0) is 25.5 Å². The molecule has 1 nitrogen and oxygen atoms in total. The molecule has 1 aliphatic rings. The highest BCUT2D eigenvalue weighted by Gasteiger charge is 2.23. The molecule has 1 aromatic carbocycles. The van der Waals surface area contributed by atoms with Crippen LogP contribution in [0.1, 0.15) is 24.4 Å². The summed E-state index contributed by atoms with van der Waals surface area (Å²) in [5.41, 5.74) is 0.579. The normalized spacial score (nSPS) is 27.6. The lowest BCUT2D eigenvalue weighted by Gasteiger charge is -2.26. The molecule has 2 atom stereocenters. The molecule has 2 unspecified atom stereocenters. The van der Waals surface area contributed by atoms with Crippen molar-refractivity contribution in [3.8, 4) is 0 Å². The summed E-state index contributed by atoms with van der Waals surface area (Å²) >= 11 is 0. The van der Waals surface area contributed by atoms with Gasteiger partial charge < -0.3 is 5.32 Å². The molecule has 0 aromatic heterocycles. The summed E-state index contributed by atoms with van der Waals surface area (Å²) in [6.45, 7) is 0.625. The van der Waals surface area contributed by atoms with Crippen molar-refractivity contribution in [2.75, 3.05) is 6.54 Å². The molecule has 0 saturated carbocycles. The first-order chi connectivity index (χ1) is 6.77. The van der Waals surface area contributed by atoms with E-state index in [4.69, 9.17) is 0 Å². The maximum Gasteiger partial charge on any atom is 0.127 e. The second kappa shape index (κ2) is 4.05. The fraction of sp³-hybridized carbons (Fsp3) is 0.455. The number of piperidine rings is 1. The van der Waals surface area contributed by atoms with E-state index in [9.17, 15) is 8.78 Å². The largest absolute Gasteiger partial charge is 0.310 e. The lowest BCUT2D eigenvalue weighted by Crippen LogP contribution is -2.33. The zero-order valence-corrected chi connectivity index (χ0v) is 7.84. The average molecular weight is 197 g/mol. The molecule has 76 valence electrons. The molecule has 0 spiro atoms. The second-order valence-corrected chi connectivity index (χ2v) is 3.65. The van der Waals surface area contributed by atoms with Crippen LogP contribution in [0.5, 0.6) is 0 Å². The highest BCUT2D eigenvalue weighted by atomic mass is 19.1. The predicted molar refractivity (Wildman–Crippen MR) is 51.3 cm³/mol. The van der Waals surface area contributed by atoms with E-state index < -0.39 is 6.17 Å².